The number of likely N-dealkylation sites (tertiary alicyclic amines) is 1. The molecule has 1 N–H and O–H groups in total. The highest BCUT2D eigenvalue weighted by molar-refractivity contribution is 5.87. The van der Waals surface area contributed by atoms with Gasteiger partial charge in [0.15, 0.2) is 0 Å². The lowest BCUT2D eigenvalue weighted by atomic mass is 9.88. The molecule has 0 saturated carbocycles. The third kappa shape index (κ3) is 16.7. The van der Waals surface area contributed by atoms with Crippen LogP contribution < -0.4 is 5.32 Å². The summed E-state index contributed by atoms with van der Waals surface area (Å²) in [5.74, 6) is 0.945. The van der Waals surface area contributed by atoms with E-state index in [1.165, 1.54) is 25.9 Å². The van der Waals surface area contributed by atoms with E-state index in [9.17, 15) is 14.4 Å². The number of hydrogen-bond donors (Lipinski definition) is 1. The van der Waals surface area contributed by atoms with Gasteiger partial charge in [-0.05, 0) is 71.0 Å². The number of nitrogens with one attached hydrogen (secondary N) is 1. The van der Waals surface area contributed by atoms with E-state index in [1.54, 1.807) is 38.8 Å². The van der Waals surface area contributed by atoms with Crippen LogP contribution in [0.2, 0.25) is 0 Å². The minimum absolute atomic E-state index is 0.0439. The van der Waals surface area contributed by atoms with Crippen LogP contribution in [-0.2, 0) is 19.1 Å². The van der Waals surface area contributed by atoms with Gasteiger partial charge in [0.05, 0.1) is 12.6 Å². The van der Waals surface area contributed by atoms with E-state index >= 15 is 0 Å². The van der Waals surface area contributed by atoms with E-state index in [0.717, 1.165) is 12.3 Å². The van der Waals surface area contributed by atoms with Crippen LogP contribution in [0.25, 0.3) is 0 Å². The predicted molar refractivity (Wildman–Crippen MR) is 141 cm³/mol. The first kappa shape index (κ1) is 34.3. The third-order valence-electron chi connectivity index (χ3n) is 6.06. The fourth-order valence-electron chi connectivity index (χ4n) is 3.08. The van der Waals surface area contributed by atoms with Crippen molar-refractivity contribution in [3.63, 3.8) is 0 Å². The standard InChI is InChI=1S/C12H21NO3.C8H17NO.C7H15N/c1-6-16-12(15)10(4)7-11(9(2)3)13(5)8-14;1-6(8(3,4)5)9-7(2)10;1-7-3-5-8(2)6-4-7/h7-9,11H,6H2,1-5H3;6H,1-5H3,(H,9,10);7H,3-6H2,1-2H3/b10-7+;;/t11-;;/m1../s1. The summed E-state index contributed by atoms with van der Waals surface area (Å²) in [7, 11) is 3.90. The average molecular weight is 484 g/mol. The number of carbonyl (C=O) groups is 3. The first-order chi connectivity index (χ1) is 15.6. The lowest BCUT2D eigenvalue weighted by molar-refractivity contribution is -0.138. The number of amides is 2. The van der Waals surface area contributed by atoms with E-state index in [-0.39, 0.29) is 35.3 Å². The zero-order chi connectivity index (χ0) is 27.1. The minimum atomic E-state index is -0.326. The Morgan fingerprint density at radius 1 is 1.15 bits per heavy atom. The van der Waals surface area contributed by atoms with Gasteiger partial charge in [0.2, 0.25) is 12.3 Å². The maximum atomic E-state index is 11.4. The molecule has 1 fully saturated rings. The zero-order valence-corrected chi connectivity index (χ0v) is 24.0. The molecule has 0 bridgehead atoms. The van der Waals surface area contributed by atoms with Gasteiger partial charge in [0.1, 0.15) is 0 Å². The molecule has 0 aromatic heterocycles. The monoisotopic (exact) mass is 483 g/mol. The first-order valence-corrected chi connectivity index (χ1v) is 12.5. The summed E-state index contributed by atoms with van der Waals surface area (Å²) >= 11 is 0. The van der Waals surface area contributed by atoms with Gasteiger partial charge in [-0.3, -0.25) is 9.59 Å². The summed E-state index contributed by atoms with van der Waals surface area (Å²) in [6, 6.07) is 0.159. The number of hydrogen-bond acceptors (Lipinski definition) is 5. The van der Waals surface area contributed by atoms with Gasteiger partial charge in [-0.25, -0.2) is 4.79 Å². The molecule has 1 aliphatic rings. The Morgan fingerprint density at radius 3 is 1.94 bits per heavy atom. The van der Waals surface area contributed by atoms with Crippen LogP contribution >= 0.6 is 0 Å². The topological polar surface area (TPSA) is 79.0 Å². The Hall–Kier alpha value is -1.89. The number of rotatable bonds is 7. The summed E-state index contributed by atoms with van der Waals surface area (Å²) in [5, 5.41) is 2.84. The number of ether oxygens (including phenoxy) is 1. The molecule has 2 amide bonds. The molecule has 1 aliphatic heterocycles. The molecule has 0 aromatic rings. The third-order valence-corrected chi connectivity index (χ3v) is 6.06. The van der Waals surface area contributed by atoms with E-state index < -0.39 is 0 Å². The summed E-state index contributed by atoms with van der Waals surface area (Å²) < 4.78 is 4.88. The van der Waals surface area contributed by atoms with Crippen molar-refractivity contribution >= 4 is 18.3 Å². The molecular formula is C27H53N3O4. The predicted octanol–water partition coefficient (Wildman–Crippen LogP) is 4.51. The Labute approximate surface area is 209 Å². The Bertz CT molecular complexity index is 608. The summed E-state index contributed by atoms with van der Waals surface area (Å²) in [6.45, 7) is 22.7. The highest BCUT2D eigenvalue weighted by atomic mass is 16.5. The lowest BCUT2D eigenvalue weighted by Gasteiger charge is -2.27. The van der Waals surface area contributed by atoms with Crippen molar-refractivity contribution < 1.29 is 19.1 Å². The number of likely N-dealkylation sites (N-methyl/N-ethyl adjacent to an activating group) is 1. The van der Waals surface area contributed by atoms with Gasteiger partial charge >= 0.3 is 5.97 Å². The smallest absolute Gasteiger partial charge is 0.333 e. The van der Waals surface area contributed by atoms with Crippen molar-refractivity contribution in [1.29, 1.82) is 0 Å². The van der Waals surface area contributed by atoms with Gasteiger partial charge in [-0.1, -0.05) is 47.6 Å². The molecule has 7 nitrogen and oxygen atoms in total. The van der Waals surface area contributed by atoms with Crippen LogP contribution in [0.4, 0.5) is 0 Å². The number of esters is 1. The van der Waals surface area contributed by atoms with Crippen LogP contribution in [0.1, 0.15) is 82.1 Å². The Kier molecular flexibility index (Phi) is 17.7. The molecule has 2 atom stereocenters. The van der Waals surface area contributed by atoms with E-state index in [1.807, 2.05) is 20.8 Å². The summed E-state index contributed by atoms with van der Waals surface area (Å²) in [5.41, 5.74) is 0.695. The van der Waals surface area contributed by atoms with Crippen LogP contribution in [0.15, 0.2) is 11.6 Å². The molecule has 0 spiro atoms. The highest BCUT2D eigenvalue weighted by Gasteiger charge is 2.20. The molecule has 7 heteroatoms. The Balaban J connectivity index is 0. The lowest BCUT2D eigenvalue weighted by Crippen LogP contribution is -2.40. The number of carbonyl (C=O) groups excluding carboxylic acids is 3. The normalized spacial score (nSPS) is 16.8. The molecule has 1 saturated heterocycles. The van der Waals surface area contributed by atoms with E-state index in [0.29, 0.717) is 12.2 Å². The molecule has 0 aromatic carbocycles. The molecule has 0 radical (unpaired) electrons. The maximum absolute atomic E-state index is 11.4. The second-order valence-corrected chi connectivity index (χ2v) is 10.8. The molecule has 1 rings (SSSR count). The molecule has 1 unspecified atom stereocenters. The zero-order valence-electron chi connectivity index (χ0n) is 24.0. The largest absolute Gasteiger partial charge is 0.463 e. The second kappa shape index (κ2) is 17.5. The molecule has 200 valence electrons. The number of piperidine rings is 1. The van der Waals surface area contributed by atoms with E-state index in [4.69, 9.17) is 4.74 Å². The van der Waals surface area contributed by atoms with Crippen molar-refractivity contribution in [1.82, 2.24) is 15.1 Å². The Morgan fingerprint density at radius 2 is 1.65 bits per heavy atom. The minimum Gasteiger partial charge on any atom is -0.463 e. The molecule has 0 aliphatic carbocycles. The van der Waals surface area contributed by atoms with Crippen molar-refractivity contribution in [2.75, 3.05) is 33.8 Å². The van der Waals surface area contributed by atoms with Crippen molar-refractivity contribution in [3.8, 4) is 0 Å². The van der Waals surface area contributed by atoms with E-state index in [2.05, 4.69) is 45.0 Å². The molecule has 34 heavy (non-hydrogen) atoms. The molecule has 1 heterocycles. The molecular weight excluding hydrogens is 430 g/mol. The van der Waals surface area contributed by atoms with Crippen molar-refractivity contribution in [2.24, 2.45) is 17.3 Å². The maximum Gasteiger partial charge on any atom is 0.333 e. The van der Waals surface area contributed by atoms with Crippen molar-refractivity contribution in [2.45, 2.75) is 94.2 Å². The average Bonchev–Trinajstić information content (AvgIpc) is 2.73. The first-order valence-electron chi connectivity index (χ1n) is 12.5. The fourth-order valence-corrected chi connectivity index (χ4v) is 3.08. The van der Waals surface area contributed by atoms with Crippen LogP contribution in [-0.4, -0.2) is 74.0 Å². The summed E-state index contributed by atoms with van der Waals surface area (Å²) in [4.78, 5) is 36.7. The van der Waals surface area contributed by atoms with Gasteiger partial charge < -0.3 is 19.9 Å². The van der Waals surface area contributed by atoms with Crippen LogP contribution in [0.3, 0.4) is 0 Å². The van der Waals surface area contributed by atoms with Gasteiger partial charge in [-0.15, -0.1) is 0 Å². The van der Waals surface area contributed by atoms with Gasteiger partial charge in [0.25, 0.3) is 0 Å². The van der Waals surface area contributed by atoms with Crippen LogP contribution in [0, 0.1) is 17.3 Å². The quantitative estimate of drug-likeness (QED) is 0.327. The highest BCUT2D eigenvalue weighted by Crippen LogP contribution is 2.18. The fraction of sp³-hybridized carbons (Fsp3) is 0.815. The summed E-state index contributed by atoms with van der Waals surface area (Å²) in [6.07, 6.45) is 5.34. The second-order valence-electron chi connectivity index (χ2n) is 10.8. The van der Waals surface area contributed by atoms with Crippen LogP contribution in [0.5, 0.6) is 0 Å². The van der Waals surface area contributed by atoms with Gasteiger partial charge in [-0.2, -0.15) is 0 Å². The van der Waals surface area contributed by atoms with Crippen molar-refractivity contribution in [3.05, 3.63) is 11.6 Å². The SMILES string of the molecule is CC(=O)NC(C)C(C)(C)C.CC1CCN(C)CC1.CCOC(=O)/C(C)=C/[C@H](C(C)C)N(C)C=O. The number of nitrogens with zero attached hydrogens (tertiary/aromatic N) is 2. The van der Waals surface area contributed by atoms with Gasteiger partial charge in [0, 0.05) is 25.6 Å².